The average Bonchev–Trinajstić information content (AvgIpc) is 2.58. The first-order chi connectivity index (χ1) is 8.25. The van der Waals surface area contributed by atoms with Gasteiger partial charge in [-0.15, -0.1) is 0 Å². The third-order valence-corrected chi connectivity index (χ3v) is 3.49. The van der Waals surface area contributed by atoms with Gasteiger partial charge in [-0.3, -0.25) is 0 Å². The van der Waals surface area contributed by atoms with Gasteiger partial charge in [-0.05, 0) is 62.4 Å². The van der Waals surface area contributed by atoms with E-state index >= 15 is 0 Å². The summed E-state index contributed by atoms with van der Waals surface area (Å²) in [6.45, 7) is 2.07. The number of rotatable bonds is 3. The van der Waals surface area contributed by atoms with Crippen LogP contribution in [0.3, 0.4) is 0 Å². The second-order valence-electron chi connectivity index (χ2n) is 4.84. The number of benzene rings is 1. The second kappa shape index (κ2) is 6.01. The molecule has 17 heavy (non-hydrogen) atoms. The van der Waals surface area contributed by atoms with E-state index in [-0.39, 0.29) is 5.75 Å². The summed E-state index contributed by atoms with van der Waals surface area (Å²) in [6, 6.07) is 6.46. The Morgan fingerprint density at radius 3 is 2.76 bits per heavy atom. The van der Waals surface area contributed by atoms with E-state index in [1.807, 2.05) is 0 Å². The van der Waals surface area contributed by atoms with Gasteiger partial charge in [-0.2, -0.15) is 0 Å². The maximum atomic E-state index is 14.1. The molecule has 1 aromatic carbocycles. The first kappa shape index (κ1) is 12.4. The van der Waals surface area contributed by atoms with Crippen LogP contribution in [-0.2, 0) is 0 Å². The summed E-state index contributed by atoms with van der Waals surface area (Å²) >= 11 is 0. The van der Waals surface area contributed by atoms with Crippen LogP contribution in [0.15, 0.2) is 24.3 Å². The Morgan fingerprint density at radius 2 is 2.00 bits per heavy atom. The van der Waals surface area contributed by atoms with Gasteiger partial charge < -0.3 is 10.4 Å². The van der Waals surface area contributed by atoms with Crippen LogP contribution in [0.1, 0.15) is 37.4 Å². The monoisotopic (exact) mass is 237 g/mol. The van der Waals surface area contributed by atoms with Crippen molar-refractivity contribution >= 4 is 0 Å². The molecular weight excluding hydrogens is 217 g/mol. The van der Waals surface area contributed by atoms with Crippen LogP contribution in [0.25, 0.3) is 0 Å². The van der Waals surface area contributed by atoms with Gasteiger partial charge in [0.1, 0.15) is 11.9 Å². The van der Waals surface area contributed by atoms with E-state index in [0.29, 0.717) is 17.9 Å². The predicted octanol–water partition coefficient (Wildman–Crippen LogP) is 3.18. The fourth-order valence-corrected chi connectivity index (χ4v) is 2.44. The van der Waals surface area contributed by atoms with Crippen molar-refractivity contribution in [3.8, 4) is 5.75 Å². The summed E-state index contributed by atoms with van der Waals surface area (Å²) in [7, 11) is 0. The SMILES string of the molecule is Oc1ccc(C(F)CC2CCCNCC2)cc1. The van der Waals surface area contributed by atoms with E-state index < -0.39 is 6.17 Å². The molecule has 0 aliphatic carbocycles. The number of phenols is 1. The summed E-state index contributed by atoms with van der Waals surface area (Å²) in [5.41, 5.74) is 0.681. The van der Waals surface area contributed by atoms with E-state index in [9.17, 15) is 4.39 Å². The van der Waals surface area contributed by atoms with Crippen LogP contribution in [0.4, 0.5) is 4.39 Å². The van der Waals surface area contributed by atoms with Gasteiger partial charge in [-0.25, -0.2) is 4.39 Å². The number of aromatic hydroxyl groups is 1. The van der Waals surface area contributed by atoms with Crippen LogP contribution in [0.5, 0.6) is 5.75 Å². The van der Waals surface area contributed by atoms with Crippen molar-refractivity contribution in [1.82, 2.24) is 5.32 Å². The fraction of sp³-hybridized carbons (Fsp3) is 0.571. The maximum Gasteiger partial charge on any atom is 0.125 e. The molecule has 0 saturated carbocycles. The molecule has 2 rings (SSSR count). The third-order valence-electron chi connectivity index (χ3n) is 3.49. The number of halogens is 1. The van der Waals surface area contributed by atoms with E-state index in [2.05, 4.69) is 5.32 Å². The van der Waals surface area contributed by atoms with Crippen molar-refractivity contribution in [3.05, 3.63) is 29.8 Å². The molecule has 0 bridgehead atoms. The van der Waals surface area contributed by atoms with E-state index in [4.69, 9.17) is 5.11 Å². The van der Waals surface area contributed by atoms with Gasteiger partial charge in [0, 0.05) is 0 Å². The summed E-state index contributed by atoms with van der Waals surface area (Å²) in [5.74, 6) is 0.674. The van der Waals surface area contributed by atoms with Crippen molar-refractivity contribution in [2.75, 3.05) is 13.1 Å². The lowest BCUT2D eigenvalue weighted by atomic mass is 9.92. The zero-order chi connectivity index (χ0) is 12.1. The average molecular weight is 237 g/mol. The van der Waals surface area contributed by atoms with Gasteiger partial charge >= 0.3 is 0 Å². The lowest BCUT2D eigenvalue weighted by Gasteiger charge is -2.16. The smallest absolute Gasteiger partial charge is 0.125 e. The minimum absolute atomic E-state index is 0.194. The molecule has 0 amide bonds. The third kappa shape index (κ3) is 3.70. The Morgan fingerprint density at radius 1 is 1.24 bits per heavy atom. The molecule has 1 aliphatic heterocycles. The number of hydrogen-bond donors (Lipinski definition) is 2. The van der Waals surface area contributed by atoms with Crippen LogP contribution in [-0.4, -0.2) is 18.2 Å². The van der Waals surface area contributed by atoms with Gasteiger partial charge in [0.2, 0.25) is 0 Å². The van der Waals surface area contributed by atoms with Gasteiger partial charge in [0.15, 0.2) is 0 Å². The highest BCUT2D eigenvalue weighted by Crippen LogP contribution is 2.30. The molecule has 2 N–H and O–H groups in total. The van der Waals surface area contributed by atoms with Crippen molar-refractivity contribution in [2.24, 2.45) is 5.92 Å². The van der Waals surface area contributed by atoms with Crippen LogP contribution < -0.4 is 5.32 Å². The van der Waals surface area contributed by atoms with Crippen LogP contribution in [0.2, 0.25) is 0 Å². The molecule has 0 spiro atoms. The molecule has 1 saturated heterocycles. The minimum atomic E-state index is -0.904. The molecule has 1 aromatic rings. The van der Waals surface area contributed by atoms with Gasteiger partial charge in [0.25, 0.3) is 0 Å². The Balaban J connectivity index is 1.91. The zero-order valence-electron chi connectivity index (χ0n) is 10.0. The van der Waals surface area contributed by atoms with Crippen molar-refractivity contribution in [3.63, 3.8) is 0 Å². The molecule has 1 heterocycles. The van der Waals surface area contributed by atoms with E-state index in [0.717, 1.165) is 32.4 Å². The minimum Gasteiger partial charge on any atom is -0.508 e. The Hall–Kier alpha value is -1.09. The second-order valence-corrected chi connectivity index (χ2v) is 4.84. The summed E-state index contributed by atoms with van der Waals surface area (Å²) in [5, 5.41) is 12.5. The molecule has 2 nitrogen and oxygen atoms in total. The molecule has 2 atom stereocenters. The summed E-state index contributed by atoms with van der Waals surface area (Å²) < 4.78 is 14.1. The highest BCUT2D eigenvalue weighted by Gasteiger charge is 2.18. The molecule has 1 fully saturated rings. The first-order valence-electron chi connectivity index (χ1n) is 6.39. The first-order valence-corrected chi connectivity index (χ1v) is 6.39. The van der Waals surface area contributed by atoms with Crippen molar-refractivity contribution < 1.29 is 9.50 Å². The highest BCUT2D eigenvalue weighted by molar-refractivity contribution is 5.27. The van der Waals surface area contributed by atoms with Gasteiger partial charge in [0.05, 0.1) is 0 Å². The van der Waals surface area contributed by atoms with Crippen molar-refractivity contribution in [2.45, 2.75) is 31.9 Å². The van der Waals surface area contributed by atoms with Crippen LogP contribution >= 0.6 is 0 Å². The zero-order valence-corrected chi connectivity index (χ0v) is 10.0. The molecular formula is C14H20FNO. The van der Waals surface area contributed by atoms with Crippen molar-refractivity contribution in [1.29, 1.82) is 0 Å². The Bertz CT molecular complexity index is 331. The summed E-state index contributed by atoms with van der Waals surface area (Å²) in [6.07, 6.45) is 3.03. The standard InChI is InChI=1S/C14H20FNO/c15-14(12-3-5-13(17)6-4-12)10-11-2-1-8-16-9-7-11/h3-6,11,14,16-17H,1-2,7-10H2. The summed E-state index contributed by atoms with van der Waals surface area (Å²) in [4.78, 5) is 0. The topological polar surface area (TPSA) is 32.3 Å². The number of nitrogens with one attached hydrogen (secondary N) is 1. The maximum absolute atomic E-state index is 14.1. The lowest BCUT2D eigenvalue weighted by molar-refractivity contribution is 0.261. The molecule has 0 radical (unpaired) electrons. The normalized spacial score (nSPS) is 23.0. The molecule has 0 aromatic heterocycles. The van der Waals surface area contributed by atoms with Crippen LogP contribution in [0, 0.1) is 5.92 Å². The molecule has 2 unspecified atom stereocenters. The Labute approximate surface area is 102 Å². The molecule has 94 valence electrons. The largest absolute Gasteiger partial charge is 0.508 e. The Kier molecular flexibility index (Phi) is 4.37. The van der Waals surface area contributed by atoms with E-state index in [1.54, 1.807) is 24.3 Å². The number of hydrogen-bond acceptors (Lipinski definition) is 2. The fourth-order valence-electron chi connectivity index (χ4n) is 2.44. The quantitative estimate of drug-likeness (QED) is 0.846. The molecule has 1 aliphatic rings. The van der Waals surface area contributed by atoms with E-state index in [1.165, 1.54) is 0 Å². The predicted molar refractivity (Wildman–Crippen MR) is 66.8 cm³/mol. The number of phenolic OH excluding ortho intramolecular Hbond substituents is 1. The van der Waals surface area contributed by atoms with Gasteiger partial charge in [-0.1, -0.05) is 12.1 Å². The number of alkyl halides is 1. The lowest BCUT2D eigenvalue weighted by Crippen LogP contribution is -2.14. The molecule has 3 heteroatoms. The highest BCUT2D eigenvalue weighted by atomic mass is 19.1.